The zero-order chi connectivity index (χ0) is 26.3. The monoisotopic (exact) mass is 527 g/mol. The highest BCUT2D eigenvalue weighted by atomic mass is 16.8. The number of unbranched alkanes of at least 4 members (excludes halogenated alkanes) is 5. The van der Waals surface area contributed by atoms with Crippen LogP contribution in [0, 0.1) is 5.92 Å². The maximum Gasteiger partial charge on any atom is 0.511 e. The van der Waals surface area contributed by atoms with Gasteiger partial charge in [-0.3, -0.25) is 9.69 Å². The molecule has 0 aromatic heterocycles. The molecular weight excluding hydrogens is 486 g/mol. The summed E-state index contributed by atoms with van der Waals surface area (Å²) in [5.41, 5.74) is 0.307. The van der Waals surface area contributed by atoms with Crippen LogP contribution in [-0.2, 0) is 26.1 Å². The average molecular weight is 528 g/mol. The van der Waals surface area contributed by atoms with E-state index in [1.54, 1.807) is 0 Å². The molecule has 4 atom stereocenters. The van der Waals surface area contributed by atoms with Crippen LogP contribution in [0.5, 0.6) is 11.5 Å². The molecule has 2 bridgehead atoms. The van der Waals surface area contributed by atoms with Crippen molar-refractivity contribution in [3.8, 4) is 11.5 Å². The van der Waals surface area contributed by atoms with Gasteiger partial charge in [-0.1, -0.05) is 45.1 Å². The number of likely N-dealkylation sites (tertiary alicyclic amines) is 1. The topological polar surface area (TPSA) is 94.5 Å². The summed E-state index contributed by atoms with van der Waals surface area (Å²) in [5, 5.41) is 12.3. The third kappa shape index (κ3) is 4.28. The number of hydrogen-bond donors (Lipinski definition) is 1. The van der Waals surface area contributed by atoms with Crippen molar-refractivity contribution in [3.05, 3.63) is 23.3 Å². The van der Waals surface area contributed by atoms with Crippen molar-refractivity contribution in [1.29, 1.82) is 0 Å². The van der Waals surface area contributed by atoms with Gasteiger partial charge in [0.2, 0.25) is 6.79 Å². The lowest BCUT2D eigenvalue weighted by atomic mass is 9.49. The minimum atomic E-state index is -1.01. The first kappa shape index (κ1) is 25.9. The Morgan fingerprint density at radius 3 is 2.76 bits per heavy atom. The van der Waals surface area contributed by atoms with Crippen LogP contribution in [-0.4, -0.2) is 66.2 Å². The number of ketones is 1. The lowest BCUT2D eigenvalue weighted by Gasteiger charge is -2.62. The van der Waals surface area contributed by atoms with E-state index < -0.39 is 23.3 Å². The largest absolute Gasteiger partial charge is 0.511 e. The van der Waals surface area contributed by atoms with Crippen molar-refractivity contribution in [2.24, 2.45) is 5.92 Å². The Balaban J connectivity index is 1.13. The van der Waals surface area contributed by atoms with Crippen LogP contribution in [0.3, 0.4) is 0 Å². The van der Waals surface area contributed by atoms with Crippen LogP contribution in [0.2, 0.25) is 0 Å². The highest BCUT2D eigenvalue weighted by Crippen LogP contribution is 2.65. The summed E-state index contributed by atoms with van der Waals surface area (Å²) in [7, 11) is 0. The molecule has 2 aliphatic heterocycles. The molecule has 1 saturated heterocycles. The average Bonchev–Trinajstić information content (AvgIpc) is 3.65. The van der Waals surface area contributed by atoms with Gasteiger partial charge in [-0.05, 0) is 62.6 Å². The molecule has 1 aromatic rings. The highest BCUT2D eigenvalue weighted by molar-refractivity contribution is 5.90. The Morgan fingerprint density at radius 2 is 1.95 bits per heavy atom. The Bertz CT molecular complexity index is 1070. The van der Waals surface area contributed by atoms with Gasteiger partial charge in [-0.2, -0.15) is 0 Å². The molecule has 1 N–H and O–H groups in total. The van der Waals surface area contributed by atoms with E-state index in [1.165, 1.54) is 32.1 Å². The fourth-order valence-corrected chi connectivity index (χ4v) is 7.59. The fourth-order valence-electron chi connectivity index (χ4n) is 7.59. The van der Waals surface area contributed by atoms with Gasteiger partial charge in [0.25, 0.3) is 0 Å². The van der Waals surface area contributed by atoms with Crippen LogP contribution >= 0.6 is 0 Å². The van der Waals surface area contributed by atoms with Crippen LogP contribution in [0.1, 0.15) is 88.7 Å². The molecule has 8 heteroatoms. The standard InChI is InChI=1S/C30H41NO7/c1-2-3-4-5-6-7-16-35-28(33)37-19-36-23-11-10-21-17-24-30(34)13-12-22(32)27-29(30,25(21)26(23)38-27)14-15-31(24)18-20-8-9-20/h10-11,20,24,27,34H,2-9,12-19H2,1H3/t24?,27-,29-,30+/m0/s1. The van der Waals surface area contributed by atoms with E-state index in [0.717, 1.165) is 55.8 Å². The minimum absolute atomic E-state index is 0.00832. The predicted octanol–water partition coefficient (Wildman–Crippen LogP) is 4.67. The molecule has 1 aromatic carbocycles. The molecule has 1 unspecified atom stereocenters. The van der Waals surface area contributed by atoms with Crippen molar-refractivity contribution in [2.45, 2.75) is 107 Å². The van der Waals surface area contributed by atoms with Crippen LogP contribution in [0.15, 0.2) is 12.1 Å². The molecule has 3 aliphatic carbocycles. The highest BCUT2D eigenvalue weighted by Gasteiger charge is 2.73. The first-order valence-corrected chi connectivity index (χ1v) is 14.7. The number of Topliss-reactive ketones (excluding diaryl/α,β-unsaturated/α-hetero) is 1. The Hall–Kier alpha value is -2.32. The van der Waals surface area contributed by atoms with E-state index in [4.69, 9.17) is 18.9 Å². The number of ether oxygens (including phenoxy) is 4. The van der Waals surface area contributed by atoms with Crippen LogP contribution in [0.4, 0.5) is 4.79 Å². The smallest absolute Gasteiger partial charge is 0.477 e. The Labute approximate surface area is 224 Å². The molecule has 2 heterocycles. The van der Waals surface area contributed by atoms with Crippen molar-refractivity contribution >= 4 is 11.9 Å². The minimum Gasteiger partial charge on any atom is -0.477 e. The molecule has 208 valence electrons. The number of nitrogens with zero attached hydrogens (tertiary/aromatic N) is 1. The molecular formula is C30H41NO7. The summed E-state index contributed by atoms with van der Waals surface area (Å²) in [6, 6.07) is 3.86. The van der Waals surface area contributed by atoms with Gasteiger partial charge < -0.3 is 24.1 Å². The number of carbonyl (C=O) groups is 2. The summed E-state index contributed by atoms with van der Waals surface area (Å²) in [5.74, 6) is 1.75. The first-order chi connectivity index (χ1) is 18.5. The van der Waals surface area contributed by atoms with E-state index >= 15 is 0 Å². The third-order valence-electron chi connectivity index (χ3n) is 9.65. The Morgan fingerprint density at radius 1 is 1.13 bits per heavy atom. The second-order valence-electron chi connectivity index (χ2n) is 12.0. The van der Waals surface area contributed by atoms with Crippen LogP contribution < -0.4 is 9.47 Å². The summed E-state index contributed by atoms with van der Waals surface area (Å²) in [6.45, 7) is 4.10. The molecule has 0 amide bonds. The SMILES string of the molecule is CCCCCCCCOC(=O)OCOc1ccc2c3c1O[C@H]1C(=O)CC[C@@]4(O)C(C2)N(CC2CC2)CC[C@]314. The summed E-state index contributed by atoms with van der Waals surface area (Å²) in [6.07, 6.45) is 9.97. The number of carbonyl (C=O) groups excluding carboxylic acids is 2. The first-order valence-electron chi connectivity index (χ1n) is 14.7. The second-order valence-corrected chi connectivity index (χ2v) is 12.0. The van der Waals surface area contributed by atoms with Crippen molar-refractivity contribution in [2.75, 3.05) is 26.5 Å². The molecule has 6 rings (SSSR count). The van der Waals surface area contributed by atoms with E-state index in [1.807, 2.05) is 12.1 Å². The molecule has 1 spiro atoms. The molecule has 5 aliphatic rings. The van der Waals surface area contributed by atoms with E-state index in [-0.39, 0.29) is 18.6 Å². The lowest BCUT2D eigenvalue weighted by Crippen LogP contribution is -2.76. The fraction of sp³-hybridized carbons (Fsp3) is 0.733. The maximum absolute atomic E-state index is 13.2. The van der Waals surface area contributed by atoms with Crippen molar-refractivity contribution < 1.29 is 33.6 Å². The van der Waals surface area contributed by atoms with Crippen molar-refractivity contribution in [1.82, 2.24) is 4.90 Å². The van der Waals surface area contributed by atoms with Gasteiger partial charge in [-0.15, -0.1) is 0 Å². The molecule has 38 heavy (non-hydrogen) atoms. The predicted molar refractivity (Wildman–Crippen MR) is 139 cm³/mol. The zero-order valence-corrected chi connectivity index (χ0v) is 22.5. The normalized spacial score (nSPS) is 30.9. The number of aliphatic hydroxyl groups is 1. The van der Waals surface area contributed by atoms with Crippen LogP contribution in [0.25, 0.3) is 0 Å². The lowest BCUT2D eigenvalue weighted by molar-refractivity contribution is -0.188. The van der Waals surface area contributed by atoms with Gasteiger partial charge in [0.15, 0.2) is 23.4 Å². The van der Waals surface area contributed by atoms with Gasteiger partial charge in [0.05, 0.1) is 17.6 Å². The number of benzene rings is 1. The number of hydrogen-bond acceptors (Lipinski definition) is 8. The van der Waals surface area contributed by atoms with E-state index in [0.29, 0.717) is 37.4 Å². The molecule has 0 radical (unpaired) electrons. The maximum atomic E-state index is 13.2. The molecule has 8 nitrogen and oxygen atoms in total. The van der Waals surface area contributed by atoms with Crippen molar-refractivity contribution in [3.63, 3.8) is 0 Å². The van der Waals surface area contributed by atoms with Gasteiger partial charge in [0, 0.05) is 24.6 Å². The molecule has 2 saturated carbocycles. The second kappa shape index (κ2) is 10.3. The van der Waals surface area contributed by atoms with Gasteiger partial charge in [-0.25, -0.2) is 4.79 Å². The third-order valence-corrected chi connectivity index (χ3v) is 9.65. The van der Waals surface area contributed by atoms with E-state index in [9.17, 15) is 14.7 Å². The Kier molecular flexibility index (Phi) is 7.06. The zero-order valence-electron chi connectivity index (χ0n) is 22.5. The quantitative estimate of drug-likeness (QED) is 0.238. The summed E-state index contributed by atoms with van der Waals surface area (Å²) >= 11 is 0. The van der Waals surface area contributed by atoms with Gasteiger partial charge in [0.1, 0.15) is 0 Å². The number of rotatable bonds is 12. The van der Waals surface area contributed by atoms with E-state index in [2.05, 4.69) is 11.8 Å². The summed E-state index contributed by atoms with van der Waals surface area (Å²) < 4.78 is 22.5. The van der Waals surface area contributed by atoms with Gasteiger partial charge >= 0.3 is 6.16 Å². The molecule has 3 fully saturated rings. The number of piperidine rings is 1. The summed E-state index contributed by atoms with van der Waals surface area (Å²) in [4.78, 5) is 27.7.